The van der Waals surface area contributed by atoms with Gasteiger partial charge >= 0.3 is 0 Å². The van der Waals surface area contributed by atoms with Crippen LogP contribution in [0.3, 0.4) is 0 Å². The first kappa shape index (κ1) is 17.8. The lowest BCUT2D eigenvalue weighted by Gasteiger charge is -2.07. The van der Waals surface area contributed by atoms with Gasteiger partial charge in [0.25, 0.3) is 0 Å². The Morgan fingerprint density at radius 2 is 2.09 bits per heavy atom. The van der Waals surface area contributed by atoms with E-state index in [1.54, 1.807) is 25.5 Å². The highest BCUT2D eigenvalue weighted by Crippen LogP contribution is 2.31. The third-order valence-electron chi connectivity index (χ3n) is 2.82. The maximum atomic E-state index is 6.03. The van der Waals surface area contributed by atoms with Gasteiger partial charge in [-0.15, -0.1) is 5.10 Å². The van der Waals surface area contributed by atoms with Crippen molar-refractivity contribution >= 4 is 50.7 Å². The minimum absolute atomic E-state index is 0.394. The molecule has 0 atom stereocenters. The van der Waals surface area contributed by atoms with Gasteiger partial charge in [-0.3, -0.25) is 0 Å². The van der Waals surface area contributed by atoms with E-state index in [1.165, 1.54) is 17.3 Å². The second kappa shape index (κ2) is 8.96. The van der Waals surface area contributed by atoms with Crippen molar-refractivity contribution in [3.8, 4) is 5.75 Å². The summed E-state index contributed by atoms with van der Waals surface area (Å²) in [6.45, 7) is 0. The number of nitrogens with two attached hydrogens (primary N) is 1. The molecule has 4 nitrogen and oxygen atoms in total. The number of ether oxygens (including phenoxy) is 1. The zero-order chi connectivity index (χ0) is 16.7. The number of hydrogen-bond donors (Lipinski definition) is 1. The van der Waals surface area contributed by atoms with Gasteiger partial charge in [0.2, 0.25) is 0 Å². The standard InChI is InChI=1S/C16H15BrClN3OS/c1-22-15-12(7-13(18)8-14(15)17)9-20-21-16(19)23-10-11-5-3-2-4-6-11/h2-9H,10H2,1H3,(H2,19,21). The quantitative estimate of drug-likeness (QED) is 0.440. The highest BCUT2D eigenvalue weighted by molar-refractivity contribution is 9.10. The summed E-state index contributed by atoms with van der Waals surface area (Å²) < 4.78 is 6.07. The molecule has 120 valence electrons. The summed E-state index contributed by atoms with van der Waals surface area (Å²) in [5.41, 5.74) is 7.75. The number of halogens is 2. The van der Waals surface area contributed by atoms with Crippen LogP contribution in [0.4, 0.5) is 0 Å². The van der Waals surface area contributed by atoms with Crippen molar-refractivity contribution in [2.75, 3.05) is 7.11 Å². The van der Waals surface area contributed by atoms with Crippen LogP contribution in [0.25, 0.3) is 0 Å². The Hall–Kier alpha value is -1.50. The molecule has 0 aliphatic carbocycles. The number of methoxy groups -OCH3 is 1. The normalized spacial score (nSPS) is 11.9. The fourth-order valence-electron chi connectivity index (χ4n) is 1.80. The van der Waals surface area contributed by atoms with Crippen LogP contribution in [0.15, 0.2) is 57.1 Å². The average Bonchev–Trinajstić information content (AvgIpc) is 2.53. The highest BCUT2D eigenvalue weighted by Gasteiger charge is 2.07. The molecular weight excluding hydrogens is 398 g/mol. The lowest BCUT2D eigenvalue weighted by atomic mass is 10.2. The van der Waals surface area contributed by atoms with E-state index in [0.29, 0.717) is 15.9 Å². The second-order valence-corrected chi connectivity index (χ2v) is 6.75. The summed E-state index contributed by atoms with van der Waals surface area (Å²) in [4.78, 5) is 0. The van der Waals surface area contributed by atoms with E-state index >= 15 is 0 Å². The Kier molecular flexibility index (Phi) is 6.95. The van der Waals surface area contributed by atoms with Crippen molar-refractivity contribution in [3.05, 3.63) is 63.1 Å². The monoisotopic (exact) mass is 411 g/mol. The van der Waals surface area contributed by atoms with Crippen molar-refractivity contribution in [2.45, 2.75) is 5.75 Å². The molecular formula is C16H15BrClN3OS. The first-order valence-electron chi connectivity index (χ1n) is 6.66. The molecule has 2 N–H and O–H groups in total. The summed E-state index contributed by atoms with van der Waals surface area (Å²) >= 11 is 10.8. The zero-order valence-corrected chi connectivity index (χ0v) is 15.5. The minimum Gasteiger partial charge on any atom is -0.495 e. The van der Waals surface area contributed by atoms with Gasteiger partial charge in [0, 0.05) is 16.3 Å². The molecule has 0 saturated heterocycles. The number of benzene rings is 2. The molecule has 23 heavy (non-hydrogen) atoms. The molecule has 0 aliphatic rings. The number of thioether (sulfide) groups is 1. The van der Waals surface area contributed by atoms with Crippen LogP contribution in [0.1, 0.15) is 11.1 Å². The zero-order valence-electron chi connectivity index (χ0n) is 12.4. The number of amidine groups is 1. The summed E-state index contributed by atoms with van der Waals surface area (Å²) in [5.74, 6) is 1.39. The molecule has 0 heterocycles. The van der Waals surface area contributed by atoms with Crippen molar-refractivity contribution in [1.82, 2.24) is 0 Å². The predicted molar refractivity (Wildman–Crippen MR) is 103 cm³/mol. The van der Waals surface area contributed by atoms with Crippen LogP contribution in [0.2, 0.25) is 5.02 Å². The van der Waals surface area contributed by atoms with Gasteiger partial charge in [-0.1, -0.05) is 53.7 Å². The van der Waals surface area contributed by atoms with E-state index in [1.807, 2.05) is 30.3 Å². The van der Waals surface area contributed by atoms with Crippen LogP contribution in [0, 0.1) is 0 Å². The number of rotatable bonds is 5. The lowest BCUT2D eigenvalue weighted by molar-refractivity contribution is 0.411. The molecule has 0 amide bonds. The van der Waals surface area contributed by atoms with Crippen molar-refractivity contribution in [2.24, 2.45) is 15.9 Å². The van der Waals surface area contributed by atoms with E-state index in [2.05, 4.69) is 26.1 Å². The first-order chi connectivity index (χ1) is 11.1. The fourth-order valence-corrected chi connectivity index (χ4v) is 3.41. The van der Waals surface area contributed by atoms with Gasteiger partial charge in [0.15, 0.2) is 5.17 Å². The van der Waals surface area contributed by atoms with Crippen molar-refractivity contribution in [1.29, 1.82) is 0 Å². The summed E-state index contributed by atoms with van der Waals surface area (Å²) in [5, 5.41) is 8.96. The average molecular weight is 413 g/mol. The predicted octanol–water partition coefficient (Wildman–Crippen LogP) is 4.69. The van der Waals surface area contributed by atoms with E-state index in [0.717, 1.165) is 15.8 Å². The van der Waals surface area contributed by atoms with Crippen LogP contribution < -0.4 is 10.5 Å². The van der Waals surface area contributed by atoms with Gasteiger partial charge in [-0.05, 0) is 33.6 Å². The summed E-state index contributed by atoms with van der Waals surface area (Å²) in [6, 6.07) is 13.5. The number of nitrogens with zero attached hydrogens (tertiary/aromatic N) is 2. The molecule has 0 saturated carbocycles. The molecule has 0 bridgehead atoms. The largest absolute Gasteiger partial charge is 0.495 e. The maximum Gasteiger partial charge on any atom is 0.180 e. The van der Waals surface area contributed by atoms with E-state index in [-0.39, 0.29) is 0 Å². The van der Waals surface area contributed by atoms with Gasteiger partial charge < -0.3 is 10.5 Å². The van der Waals surface area contributed by atoms with E-state index in [9.17, 15) is 0 Å². The van der Waals surface area contributed by atoms with Crippen LogP contribution in [-0.4, -0.2) is 18.5 Å². The lowest BCUT2D eigenvalue weighted by Crippen LogP contribution is -2.06. The molecule has 0 aliphatic heterocycles. The summed E-state index contributed by atoms with van der Waals surface area (Å²) in [6.07, 6.45) is 1.56. The SMILES string of the molecule is COc1c(Br)cc(Cl)cc1C=NN=C(N)SCc1ccccc1. The van der Waals surface area contributed by atoms with E-state index in [4.69, 9.17) is 22.1 Å². The smallest absolute Gasteiger partial charge is 0.180 e. The Balaban J connectivity index is 2.02. The molecule has 2 aromatic carbocycles. The molecule has 0 spiro atoms. The molecule has 2 rings (SSSR count). The molecule has 2 aromatic rings. The molecule has 0 radical (unpaired) electrons. The van der Waals surface area contributed by atoms with Gasteiger partial charge in [-0.25, -0.2) is 0 Å². The van der Waals surface area contributed by atoms with Gasteiger partial charge in [-0.2, -0.15) is 5.10 Å². The van der Waals surface area contributed by atoms with Gasteiger partial charge in [0.05, 0.1) is 17.8 Å². The molecule has 0 fully saturated rings. The minimum atomic E-state index is 0.394. The molecule has 0 unspecified atom stereocenters. The Morgan fingerprint density at radius 3 is 2.78 bits per heavy atom. The third-order valence-corrected chi connectivity index (χ3v) is 4.49. The van der Waals surface area contributed by atoms with Crippen LogP contribution in [0.5, 0.6) is 5.75 Å². The van der Waals surface area contributed by atoms with Crippen LogP contribution in [-0.2, 0) is 5.75 Å². The van der Waals surface area contributed by atoms with Crippen LogP contribution >= 0.6 is 39.3 Å². The van der Waals surface area contributed by atoms with Crippen molar-refractivity contribution < 1.29 is 4.74 Å². The Morgan fingerprint density at radius 1 is 1.35 bits per heavy atom. The number of hydrogen-bond acceptors (Lipinski definition) is 4. The molecule has 7 heteroatoms. The maximum absolute atomic E-state index is 6.03. The topological polar surface area (TPSA) is 60.0 Å². The second-order valence-electron chi connectivity index (χ2n) is 4.47. The fraction of sp³-hybridized carbons (Fsp3) is 0.125. The van der Waals surface area contributed by atoms with Gasteiger partial charge in [0.1, 0.15) is 5.75 Å². The first-order valence-corrected chi connectivity index (χ1v) is 8.82. The summed E-state index contributed by atoms with van der Waals surface area (Å²) in [7, 11) is 1.58. The Labute approximate surface area is 152 Å². The third kappa shape index (κ3) is 5.57. The van der Waals surface area contributed by atoms with E-state index < -0.39 is 0 Å². The molecule has 0 aromatic heterocycles. The highest BCUT2D eigenvalue weighted by atomic mass is 79.9. The van der Waals surface area contributed by atoms with Crippen molar-refractivity contribution in [3.63, 3.8) is 0 Å². The Bertz CT molecular complexity index is 723.